The molecule has 0 radical (unpaired) electrons. The Morgan fingerprint density at radius 2 is 2.11 bits per heavy atom. The number of nitrogens with zero attached hydrogens (tertiary/aromatic N) is 1. The molecule has 0 atom stereocenters. The summed E-state index contributed by atoms with van der Waals surface area (Å²) >= 11 is 0. The fourth-order valence-electron chi connectivity index (χ4n) is 1.83. The third-order valence-corrected chi connectivity index (χ3v) is 2.82. The van der Waals surface area contributed by atoms with Gasteiger partial charge in [0, 0.05) is 30.6 Å². The van der Waals surface area contributed by atoms with E-state index in [2.05, 4.69) is 10.3 Å². The first-order chi connectivity index (χ1) is 8.78. The Labute approximate surface area is 105 Å². The van der Waals surface area contributed by atoms with E-state index in [4.69, 9.17) is 5.11 Å². The maximum atomic E-state index is 12.6. The van der Waals surface area contributed by atoms with Crippen LogP contribution in [0.3, 0.4) is 0 Å². The van der Waals surface area contributed by atoms with E-state index in [-0.39, 0.29) is 5.82 Å². The van der Waals surface area contributed by atoms with Crippen molar-refractivity contribution in [2.75, 3.05) is 5.32 Å². The zero-order valence-corrected chi connectivity index (χ0v) is 9.54. The minimum Gasteiger partial charge on any atom is -0.478 e. The van der Waals surface area contributed by atoms with Crippen LogP contribution < -0.4 is 5.32 Å². The number of aromatic carboxylic acids is 1. The van der Waals surface area contributed by atoms with E-state index in [1.165, 1.54) is 0 Å². The molecule has 0 spiro atoms. The smallest absolute Gasteiger partial charge is 0.339 e. The molecule has 2 rings (SSSR count). The van der Waals surface area contributed by atoms with Crippen LogP contribution in [-0.2, 0) is 0 Å². The first-order valence-corrected chi connectivity index (χ1v) is 5.44. The van der Waals surface area contributed by atoms with Crippen LogP contribution in [0, 0.1) is 0 Å². The third kappa shape index (κ3) is 2.94. The Morgan fingerprint density at radius 3 is 2.58 bits per heavy atom. The van der Waals surface area contributed by atoms with Crippen LogP contribution in [0.5, 0.6) is 0 Å². The molecule has 1 aromatic heterocycles. The summed E-state index contributed by atoms with van der Waals surface area (Å²) in [5, 5.41) is 11.4. The van der Waals surface area contributed by atoms with Crippen LogP contribution >= 0.6 is 0 Å². The van der Waals surface area contributed by atoms with Gasteiger partial charge in [0.1, 0.15) is 11.4 Å². The molecule has 1 aliphatic rings. The molecule has 0 aliphatic heterocycles. The van der Waals surface area contributed by atoms with E-state index in [1.807, 2.05) is 0 Å². The number of hydrogen-bond acceptors (Lipinski definition) is 3. The van der Waals surface area contributed by atoms with Gasteiger partial charge in [-0.1, -0.05) is 0 Å². The lowest BCUT2D eigenvalue weighted by Gasteiger charge is -2.35. The normalized spacial score (nSPS) is 18.2. The summed E-state index contributed by atoms with van der Waals surface area (Å²) in [4.78, 5) is 14.5. The predicted octanol–water partition coefficient (Wildman–Crippen LogP) is 2.93. The molecule has 1 aliphatic carbocycles. The van der Waals surface area contributed by atoms with Crippen molar-refractivity contribution >= 4 is 11.8 Å². The van der Waals surface area contributed by atoms with E-state index in [0.29, 0.717) is 0 Å². The Bertz CT molecular complexity index is 499. The molecule has 1 aromatic rings. The molecule has 0 aromatic carbocycles. The fourth-order valence-corrected chi connectivity index (χ4v) is 1.83. The van der Waals surface area contributed by atoms with Crippen LogP contribution in [0.25, 0.3) is 0 Å². The summed E-state index contributed by atoms with van der Waals surface area (Å²) in [5.41, 5.74) is -0.977. The number of alkyl halides is 4. The van der Waals surface area contributed by atoms with Crippen LogP contribution in [-0.4, -0.2) is 28.0 Å². The second-order valence-electron chi connectivity index (χ2n) is 4.38. The number of pyridine rings is 1. The molecule has 0 amide bonds. The highest BCUT2D eigenvalue weighted by Gasteiger charge is 2.45. The quantitative estimate of drug-likeness (QED) is 0.831. The number of aromatic nitrogens is 1. The largest absolute Gasteiger partial charge is 0.478 e. The Morgan fingerprint density at radius 1 is 1.47 bits per heavy atom. The molecular weight excluding hydrogens is 268 g/mol. The fraction of sp³-hybridized carbons (Fsp3) is 0.455. The van der Waals surface area contributed by atoms with Gasteiger partial charge in [0.25, 0.3) is 12.3 Å². The number of carboxylic acids is 1. The molecule has 0 saturated heterocycles. The summed E-state index contributed by atoms with van der Waals surface area (Å²) < 4.78 is 50.2. The first kappa shape index (κ1) is 13.6. The molecule has 1 heterocycles. The van der Waals surface area contributed by atoms with E-state index in [9.17, 15) is 22.4 Å². The number of halogens is 4. The number of rotatable bonds is 4. The average molecular weight is 278 g/mol. The summed E-state index contributed by atoms with van der Waals surface area (Å²) in [7, 11) is 0. The van der Waals surface area contributed by atoms with Crippen molar-refractivity contribution in [3.05, 3.63) is 23.4 Å². The highest BCUT2D eigenvalue weighted by atomic mass is 19.3. The van der Waals surface area contributed by atoms with Gasteiger partial charge in [0.2, 0.25) is 0 Å². The molecule has 0 bridgehead atoms. The van der Waals surface area contributed by atoms with Gasteiger partial charge >= 0.3 is 5.97 Å². The van der Waals surface area contributed by atoms with Crippen molar-refractivity contribution in [1.82, 2.24) is 4.98 Å². The Hall–Kier alpha value is -1.86. The topological polar surface area (TPSA) is 62.2 Å². The van der Waals surface area contributed by atoms with Crippen molar-refractivity contribution < 1.29 is 27.5 Å². The van der Waals surface area contributed by atoms with E-state index in [1.54, 1.807) is 0 Å². The number of nitrogens with one attached hydrogen (secondary N) is 1. The molecule has 104 valence electrons. The maximum absolute atomic E-state index is 12.6. The van der Waals surface area contributed by atoms with E-state index >= 15 is 0 Å². The van der Waals surface area contributed by atoms with Gasteiger partial charge in [-0.2, -0.15) is 0 Å². The predicted molar refractivity (Wildman–Crippen MR) is 57.7 cm³/mol. The highest BCUT2D eigenvalue weighted by molar-refractivity contribution is 5.93. The van der Waals surface area contributed by atoms with Gasteiger partial charge in [-0.3, -0.25) is 0 Å². The van der Waals surface area contributed by atoms with Crippen molar-refractivity contribution in [2.45, 2.75) is 31.2 Å². The summed E-state index contributed by atoms with van der Waals surface area (Å²) in [6.45, 7) is 0. The van der Waals surface area contributed by atoms with Crippen LogP contribution in [0.1, 0.15) is 35.2 Å². The Kier molecular flexibility index (Phi) is 3.34. The van der Waals surface area contributed by atoms with Crippen molar-refractivity contribution in [1.29, 1.82) is 0 Å². The number of carboxylic acid groups (broad SMARTS) is 1. The van der Waals surface area contributed by atoms with Crippen molar-refractivity contribution in [3.8, 4) is 0 Å². The number of hydrogen-bond donors (Lipinski definition) is 2. The van der Waals surface area contributed by atoms with E-state index in [0.717, 1.165) is 12.3 Å². The summed E-state index contributed by atoms with van der Waals surface area (Å²) in [6.07, 6.45) is -2.86. The van der Waals surface area contributed by atoms with Crippen molar-refractivity contribution in [3.63, 3.8) is 0 Å². The molecule has 0 unspecified atom stereocenters. The summed E-state index contributed by atoms with van der Waals surface area (Å²) in [6, 6.07) is 0.192. The van der Waals surface area contributed by atoms with Gasteiger partial charge < -0.3 is 10.4 Å². The Balaban J connectivity index is 2.18. The van der Waals surface area contributed by atoms with Crippen LogP contribution in [0.4, 0.5) is 23.4 Å². The molecular formula is C11H10F4N2O2. The van der Waals surface area contributed by atoms with Gasteiger partial charge in [0.15, 0.2) is 0 Å². The third-order valence-electron chi connectivity index (χ3n) is 2.82. The zero-order valence-electron chi connectivity index (χ0n) is 9.54. The molecule has 8 heteroatoms. The van der Waals surface area contributed by atoms with Gasteiger partial charge in [0.05, 0.1) is 0 Å². The minimum atomic E-state index is -2.84. The van der Waals surface area contributed by atoms with Gasteiger partial charge in [-0.25, -0.2) is 27.3 Å². The van der Waals surface area contributed by atoms with Crippen LogP contribution in [0.2, 0.25) is 0 Å². The molecule has 19 heavy (non-hydrogen) atoms. The van der Waals surface area contributed by atoms with Gasteiger partial charge in [-0.15, -0.1) is 0 Å². The van der Waals surface area contributed by atoms with Gasteiger partial charge in [-0.05, 0) is 6.07 Å². The minimum absolute atomic E-state index is 0.169. The SMILES string of the molecule is O=C(O)c1cc(C(F)F)cnc1NC1CC(F)(F)C1. The average Bonchev–Trinajstić information content (AvgIpc) is 2.26. The van der Waals surface area contributed by atoms with Crippen molar-refractivity contribution in [2.24, 2.45) is 0 Å². The second-order valence-corrected chi connectivity index (χ2v) is 4.38. The molecule has 2 N–H and O–H groups in total. The summed E-state index contributed by atoms with van der Waals surface area (Å²) in [5.74, 6) is -4.37. The molecule has 1 saturated carbocycles. The highest BCUT2D eigenvalue weighted by Crippen LogP contribution is 2.39. The van der Waals surface area contributed by atoms with Crippen LogP contribution in [0.15, 0.2) is 12.3 Å². The molecule has 4 nitrogen and oxygen atoms in total. The lowest BCUT2D eigenvalue weighted by Crippen LogP contribution is -2.44. The lowest BCUT2D eigenvalue weighted by atomic mass is 9.88. The lowest BCUT2D eigenvalue weighted by molar-refractivity contribution is -0.0794. The standard InChI is InChI=1S/C11H10F4N2O2/c12-8(13)5-1-7(10(18)19)9(16-4-5)17-6-2-11(14,15)3-6/h1,4,6,8H,2-3H2,(H,16,17)(H,18,19). The molecule has 1 fully saturated rings. The monoisotopic (exact) mass is 278 g/mol. The first-order valence-electron chi connectivity index (χ1n) is 5.44. The maximum Gasteiger partial charge on any atom is 0.339 e. The zero-order chi connectivity index (χ0) is 14.2. The van der Waals surface area contributed by atoms with E-state index < -0.39 is 48.3 Å². The number of carbonyl (C=O) groups is 1. The number of anilines is 1. The second kappa shape index (κ2) is 4.67.